The van der Waals surface area contributed by atoms with Crippen LogP contribution in [-0.4, -0.2) is 23.2 Å². The highest BCUT2D eigenvalue weighted by molar-refractivity contribution is 5.96. The summed E-state index contributed by atoms with van der Waals surface area (Å²) in [5.41, 5.74) is 7.47. The third kappa shape index (κ3) is 3.64. The van der Waals surface area contributed by atoms with Crippen molar-refractivity contribution in [2.24, 2.45) is 33.9 Å². The highest BCUT2D eigenvalue weighted by Gasteiger charge is 2.38. The number of carbonyl (C=O) groups excluding carboxylic acids is 2. The first-order valence-corrected chi connectivity index (χ1v) is 9.74. The maximum Gasteiger partial charge on any atom is 0.240 e. The van der Waals surface area contributed by atoms with Gasteiger partial charge in [-0.3, -0.25) is 9.59 Å². The molecule has 0 aromatic carbocycles. The van der Waals surface area contributed by atoms with E-state index in [1.54, 1.807) is 0 Å². The predicted molar refractivity (Wildman–Crippen MR) is 100 cm³/mol. The number of fused-ring (bicyclic) bond motifs is 2. The molecule has 4 aliphatic carbocycles. The van der Waals surface area contributed by atoms with Gasteiger partial charge in [-0.15, -0.1) is 0 Å². The highest BCUT2D eigenvalue weighted by atomic mass is 16.2. The van der Waals surface area contributed by atoms with Crippen LogP contribution in [0.5, 0.6) is 0 Å². The molecule has 4 rings (SSSR count). The van der Waals surface area contributed by atoms with Gasteiger partial charge in [0.15, 0.2) is 0 Å². The predicted octanol–water partition coefficient (Wildman–Crippen LogP) is 2.68. The number of hydrazone groups is 2. The lowest BCUT2D eigenvalue weighted by atomic mass is 9.74. The van der Waals surface area contributed by atoms with E-state index >= 15 is 0 Å². The summed E-state index contributed by atoms with van der Waals surface area (Å²) < 4.78 is 0. The number of carbonyl (C=O) groups is 2. The third-order valence-corrected chi connectivity index (χ3v) is 6.00. The zero-order valence-electron chi connectivity index (χ0n) is 15.0. The third-order valence-electron chi connectivity index (χ3n) is 6.00. The van der Waals surface area contributed by atoms with Gasteiger partial charge in [0.25, 0.3) is 0 Å². The summed E-state index contributed by atoms with van der Waals surface area (Å²) in [4.78, 5) is 23.7. The first-order chi connectivity index (χ1) is 12.7. The smallest absolute Gasteiger partial charge is 0.240 e. The monoisotopic (exact) mass is 354 g/mol. The van der Waals surface area contributed by atoms with Gasteiger partial charge in [-0.1, -0.05) is 24.3 Å². The molecule has 0 spiro atoms. The second kappa shape index (κ2) is 7.56. The van der Waals surface area contributed by atoms with Crippen LogP contribution in [0, 0.1) is 23.7 Å². The van der Waals surface area contributed by atoms with Crippen molar-refractivity contribution in [1.82, 2.24) is 10.9 Å². The summed E-state index contributed by atoms with van der Waals surface area (Å²) in [5, 5.41) is 8.48. The normalized spacial score (nSPS) is 33.5. The lowest BCUT2D eigenvalue weighted by Gasteiger charge is -2.31. The lowest BCUT2D eigenvalue weighted by Crippen LogP contribution is -2.35. The maximum atomic E-state index is 11.8. The average Bonchev–Trinajstić information content (AvgIpc) is 3.15. The van der Waals surface area contributed by atoms with E-state index in [4.69, 9.17) is 0 Å². The molecule has 0 aromatic rings. The Labute approximate surface area is 153 Å². The molecule has 0 aromatic heterocycles. The van der Waals surface area contributed by atoms with Crippen molar-refractivity contribution in [3.8, 4) is 0 Å². The van der Waals surface area contributed by atoms with E-state index in [1.165, 1.54) is 0 Å². The fourth-order valence-electron chi connectivity index (χ4n) is 4.27. The van der Waals surface area contributed by atoms with Crippen LogP contribution in [0.15, 0.2) is 34.5 Å². The topological polar surface area (TPSA) is 82.9 Å². The summed E-state index contributed by atoms with van der Waals surface area (Å²) >= 11 is 0. The molecule has 2 amide bonds. The van der Waals surface area contributed by atoms with Crippen molar-refractivity contribution in [2.45, 2.75) is 51.4 Å². The quantitative estimate of drug-likeness (QED) is 0.419. The first kappa shape index (κ1) is 17.2. The van der Waals surface area contributed by atoms with Crippen molar-refractivity contribution in [3.05, 3.63) is 24.3 Å². The molecule has 6 heteroatoms. The van der Waals surface area contributed by atoms with Gasteiger partial charge < -0.3 is 0 Å². The van der Waals surface area contributed by atoms with Gasteiger partial charge in [0.1, 0.15) is 0 Å². The second-order valence-electron chi connectivity index (χ2n) is 7.79. The van der Waals surface area contributed by atoms with Gasteiger partial charge in [0, 0.05) is 36.1 Å². The minimum atomic E-state index is -0.0721. The number of nitrogens with one attached hydrogen (secondary N) is 2. The summed E-state index contributed by atoms with van der Waals surface area (Å²) in [6, 6.07) is 0. The molecule has 2 N–H and O–H groups in total. The molecule has 0 radical (unpaired) electrons. The van der Waals surface area contributed by atoms with Crippen LogP contribution in [0.3, 0.4) is 0 Å². The van der Waals surface area contributed by atoms with Gasteiger partial charge in [-0.25, -0.2) is 10.9 Å². The van der Waals surface area contributed by atoms with Gasteiger partial charge in [0.2, 0.25) is 11.8 Å². The number of unbranched alkanes of at least 4 members (excludes halogenated alkanes) is 1. The van der Waals surface area contributed by atoms with E-state index in [2.05, 4.69) is 45.4 Å². The van der Waals surface area contributed by atoms with E-state index in [0.29, 0.717) is 49.4 Å². The van der Waals surface area contributed by atoms with Crippen molar-refractivity contribution in [1.29, 1.82) is 0 Å². The van der Waals surface area contributed by atoms with Gasteiger partial charge in [0.05, 0.1) is 0 Å². The highest BCUT2D eigenvalue weighted by Crippen LogP contribution is 2.40. The molecule has 0 saturated heterocycles. The Hall–Kier alpha value is -2.24. The minimum Gasteiger partial charge on any atom is -0.273 e. The number of amides is 2. The van der Waals surface area contributed by atoms with Crippen molar-refractivity contribution in [3.63, 3.8) is 0 Å². The lowest BCUT2D eigenvalue weighted by molar-refractivity contribution is -0.123. The molecule has 4 aliphatic rings. The van der Waals surface area contributed by atoms with Crippen LogP contribution >= 0.6 is 0 Å². The minimum absolute atomic E-state index is 0.0721. The first-order valence-electron chi connectivity index (χ1n) is 9.74. The Morgan fingerprint density at radius 3 is 1.73 bits per heavy atom. The molecular weight excluding hydrogens is 328 g/mol. The molecule has 26 heavy (non-hydrogen) atoms. The summed E-state index contributed by atoms with van der Waals surface area (Å²) in [5.74, 6) is 2.18. The van der Waals surface area contributed by atoms with E-state index in [0.717, 1.165) is 37.1 Å². The number of nitrogens with zero attached hydrogens (tertiary/aromatic N) is 2. The van der Waals surface area contributed by atoms with Crippen LogP contribution in [0.1, 0.15) is 51.4 Å². The van der Waals surface area contributed by atoms with Crippen molar-refractivity contribution in [2.75, 3.05) is 0 Å². The Morgan fingerprint density at radius 1 is 0.846 bits per heavy atom. The number of hydrogen-bond donors (Lipinski definition) is 2. The van der Waals surface area contributed by atoms with Crippen LogP contribution < -0.4 is 10.9 Å². The molecule has 0 bridgehead atoms. The summed E-state index contributed by atoms with van der Waals surface area (Å²) in [7, 11) is 0. The molecule has 138 valence electrons. The maximum absolute atomic E-state index is 11.8. The van der Waals surface area contributed by atoms with Crippen molar-refractivity contribution < 1.29 is 9.59 Å². The molecule has 0 aliphatic heterocycles. The summed E-state index contributed by atoms with van der Waals surface area (Å²) in [6.07, 6.45) is 15.2. The Morgan fingerprint density at radius 2 is 1.31 bits per heavy atom. The van der Waals surface area contributed by atoms with Gasteiger partial charge in [-0.05, 0) is 50.4 Å². The molecule has 0 unspecified atom stereocenters. The molecule has 2 fully saturated rings. The Kier molecular flexibility index (Phi) is 5.00. The second-order valence-corrected chi connectivity index (χ2v) is 7.79. The molecular formula is C20H26N4O2. The zero-order valence-corrected chi connectivity index (χ0v) is 15.0. The van der Waals surface area contributed by atoms with Crippen LogP contribution in [-0.2, 0) is 9.59 Å². The van der Waals surface area contributed by atoms with Crippen LogP contribution in [0.2, 0.25) is 0 Å². The number of rotatable bonds is 7. The Bertz CT molecular complexity index is 647. The van der Waals surface area contributed by atoms with Gasteiger partial charge in [-0.2, -0.15) is 10.2 Å². The van der Waals surface area contributed by atoms with E-state index in [1.807, 2.05) is 0 Å². The van der Waals surface area contributed by atoms with Crippen molar-refractivity contribution >= 4 is 23.2 Å². The fraction of sp³-hybridized carbons (Fsp3) is 0.600. The van der Waals surface area contributed by atoms with E-state index in [9.17, 15) is 9.59 Å². The van der Waals surface area contributed by atoms with Crippen LogP contribution in [0.25, 0.3) is 0 Å². The van der Waals surface area contributed by atoms with Gasteiger partial charge >= 0.3 is 0 Å². The van der Waals surface area contributed by atoms with Crippen LogP contribution in [0.4, 0.5) is 0 Å². The molecule has 0 heterocycles. The average molecular weight is 354 g/mol. The summed E-state index contributed by atoms with van der Waals surface area (Å²) in [6.45, 7) is 0. The fourth-order valence-corrected chi connectivity index (χ4v) is 4.27. The molecule has 2 saturated carbocycles. The Balaban J connectivity index is 1.07. The number of allylic oxidation sites excluding steroid dienone is 4. The molecule has 4 atom stereocenters. The standard InChI is InChI=1S/C20H26N4O2/c25-19(23-21-17-11-13-5-3-7-15(13)17)9-1-2-10-20(26)24-22-18-12-14-6-4-8-16(14)18/h3-4,7-8,13-16H,1-2,5-6,9-12H2,(H,23,25)(H,24,26)/b21-17-,22-18-/t13-,14-,15+,16+/m1/s1. The SMILES string of the molecule is O=C(CCCCC(=O)N/N=C1/C[C@H]2CC=C[C@H]12)N/N=C1/C[C@H]2CC=C[C@H]12. The number of hydrogen-bond acceptors (Lipinski definition) is 4. The molecule has 6 nitrogen and oxygen atoms in total. The largest absolute Gasteiger partial charge is 0.273 e. The zero-order chi connectivity index (χ0) is 17.9. The van der Waals surface area contributed by atoms with E-state index < -0.39 is 0 Å². The van der Waals surface area contributed by atoms with E-state index in [-0.39, 0.29) is 11.8 Å².